The Bertz CT molecular complexity index is 858. The van der Waals surface area contributed by atoms with Gasteiger partial charge in [-0.2, -0.15) is 0 Å². The van der Waals surface area contributed by atoms with Crippen LogP contribution in [0.5, 0.6) is 5.75 Å². The SMILES string of the molecule is O=C([O-])CN1CCC2(C=C(c3ccc(F)cc3)c3ccccc3O2)CC1.[Li+]. The Morgan fingerprint density at radius 2 is 1.78 bits per heavy atom. The summed E-state index contributed by atoms with van der Waals surface area (Å²) in [5.41, 5.74) is 2.49. The van der Waals surface area contributed by atoms with Crippen molar-refractivity contribution >= 4 is 11.5 Å². The van der Waals surface area contributed by atoms with Crippen LogP contribution < -0.4 is 28.7 Å². The monoisotopic (exact) mass is 359 g/mol. The summed E-state index contributed by atoms with van der Waals surface area (Å²) < 4.78 is 19.7. The number of carboxylic acid groups (broad SMARTS) is 1. The van der Waals surface area contributed by atoms with Crippen molar-refractivity contribution in [2.45, 2.75) is 18.4 Å². The first-order chi connectivity index (χ1) is 12.5. The largest absolute Gasteiger partial charge is 1.00 e. The molecule has 6 heteroatoms. The molecule has 2 aliphatic rings. The fourth-order valence-corrected chi connectivity index (χ4v) is 3.75. The number of carbonyl (C=O) groups excluding carboxylic acids is 1. The van der Waals surface area contributed by atoms with E-state index < -0.39 is 11.6 Å². The third-order valence-corrected chi connectivity index (χ3v) is 5.11. The van der Waals surface area contributed by atoms with Crippen molar-refractivity contribution in [1.29, 1.82) is 0 Å². The van der Waals surface area contributed by atoms with E-state index in [1.165, 1.54) is 12.1 Å². The molecule has 134 valence electrons. The zero-order valence-electron chi connectivity index (χ0n) is 15.3. The quantitative estimate of drug-likeness (QED) is 0.676. The number of carbonyl (C=O) groups is 1. The molecule has 1 spiro atoms. The number of piperidine rings is 1. The summed E-state index contributed by atoms with van der Waals surface area (Å²) in [6.07, 6.45) is 3.51. The second kappa shape index (κ2) is 7.90. The van der Waals surface area contributed by atoms with Crippen LogP contribution in [-0.2, 0) is 4.79 Å². The predicted octanol–water partition coefficient (Wildman–Crippen LogP) is -0.762. The fourth-order valence-electron chi connectivity index (χ4n) is 3.75. The van der Waals surface area contributed by atoms with E-state index in [4.69, 9.17) is 4.74 Å². The molecule has 4 nitrogen and oxygen atoms in total. The molecule has 4 rings (SSSR count). The topological polar surface area (TPSA) is 52.6 Å². The van der Waals surface area contributed by atoms with E-state index in [0.717, 1.165) is 22.4 Å². The number of nitrogens with zero attached hydrogens (tertiary/aromatic N) is 1. The van der Waals surface area contributed by atoms with E-state index in [-0.39, 0.29) is 31.2 Å². The smallest absolute Gasteiger partial charge is 0.549 e. The standard InChI is InChI=1S/C21H20FNO3.Li/c22-16-7-5-15(6-8-16)18-13-21(26-19-4-2-1-3-17(18)19)9-11-23(12-10-21)14-20(24)25;/h1-8,13H,9-12,14H2,(H,24,25);/q;+1/p-1. The Labute approximate surface area is 169 Å². The molecule has 27 heavy (non-hydrogen) atoms. The zero-order valence-corrected chi connectivity index (χ0v) is 15.3. The van der Waals surface area contributed by atoms with Gasteiger partial charge in [0.05, 0.1) is 5.97 Å². The van der Waals surface area contributed by atoms with Gasteiger partial charge in [0.15, 0.2) is 0 Å². The van der Waals surface area contributed by atoms with Crippen LogP contribution in [0, 0.1) is 5.82 Å². The number of rotatable bonds is 3. The minimum atomic E-state index is -1.06. The van der Waals surface area contributed by atoms with Crippen LogP contribution in [0.4, 0.5) is 4.39 Å². The van der Waals surface area contributed by atoms with Gasteiger partial charge in [0.2, 0.25) is 0 Å². The molecule has 1 fully saturated rings. The van der Waals surface area contributed by atoms with Crippen LogP contribution in [0.15, 0.2) is 54.6 Å². The number of hydrogen-bond acceptors (Lipinski definition) is 4. The molecular formula is C21H19FLiNO3. The van der Waals surface area contributed by atoms with Crippen molar-refractivity contribution in [1.82, 2.24) is 4.90 Å². The molecule has 0 unspecified atom stereocenters. The maximum atomic E-state index is 13.3. The van der Waals surface area contributed by atoms with Gasteiger partial charge in [0.1, 0.15) is 17.2 Å². The van der Waals surface area contributed by atoms with Gasteiger partial charge >= 0.3 is 18.9 Å². The molecule has 0 bridgehead atoms. The van der Waals surface area contributed by atoms with Gasteiger partial charge in [-0.05, 0) is 35.4 Å². The van der Waals surface area contributed by atoms with E-state index in [1.807, 2.05) is 29.2 Å². The number of para-hydroxylation sites is 1. The van der Waals surface area contributed by atoms with E-state index in [2.05, 4.69) is 6.08 Å². The summed E-state index contributed by atoms with van der Waals surface area (Å²) in [6, 6.07) is 14.3. The van der Waals surface area contributed by atoms with Crippen LogP contribution >= 0.6 is 0 Å². The number of carboxylic acids is 1. The van der Waals surface area contributed by atoms with Crippen molar-refractivity contribution in [3.63, 3.8) is 0 Å². The second-order valence-electron chi connectivity index (χ2n) is 6.88. The Morgan fingerprint density at radius 3 is 2.44 bits per heavy atom. The summed E-state index contributed by atoms with van der Waals surface area (Å²) in [5.74, 6) is -0.513. The van der Waals surface area contributed by atoms with Gasteiger partial charge in [0.25, 0.3) is 0 Å². The number of ether oxygens (including phenoxy) is 1. The number of halogens is 1. The molecule has 0 radical (unpaired) electrons. The summed E-state index contributed by atoms with van der Waals surface area (Å²) >= 11 is 0. The molecule has 2 aromatic carbocycles. The minimum Gasteiger partial charge on any atom is -0.549 e. The average Bonchev–Trinajstić information content (AvgIpc) is 2.64. The van der Waals surface area contributed by atoms with Crippen molar-refractivity contribution < 1.29 is 37.9 Å². The van der Waals surface area contributed by atoms with Gasteiger partial charge in [-0.15, -0.1) is 0 Å². The van der Waals surface area contributed by atoms with Crippen molar-refractivity contribution in [2.75, 3.05) is 19.6 Å². The van der Waals surface area contributed by atoms with Gasteiger partial charge in [0, 0.05) is 38.0 Å². The molecule has 0 amide bonds. The van der Waals surface area contributed by atoms with E-state index >= 15 is 0 Å². The molecule has 0 aliphatic carbocycles. The summed E-state index contributed by atoms with van der Waals surface area (Å²) in [4.78, 5) is 12.7. The molecular weight excluding hydrogens is 340 g/mol. The Morgan fingerprint density at radius 1 is 1.11 bits per heavy atom. The summed E-state index contributed by atoms with van der Waals surface area (Å²) in [6.45, 7) is 1.20. The molecule has 2 heterocycles. The number of fused-ring (bicyclic) bond motifs is 1. The third kappa shape index (κ3) is 4.11. The maximum Gasteiger partial charge on any atom is 1.00 e. The number of benzene rings is 2. The number of aliphatic carboxylic acids is 1. The minimum absolute atomic E-state index is 0. The molecule has 0 saturated carbocycles. The third-order valence-electron chi connectivity index (χ3n) is 5.11. The first-order valence-electron chi connectivity index (χ1n) is 8.74. The molecule has 0 aromatic heterocycles. The van der Waals surface area contributed by atoms with Crippen molar-refractivity contribution in [3.05, 3.63) is 71.6 Å². The molecule has 0 N–H and O–H groups in total. The maximum absolute atomic E-state index is 13.3. The summed E-state index contributed by atoms with van der Waals surface area (Å²) in [5, 5.41) is 10.8. The fraction of sp³-hybridized carbons (Fsp3) is 0.286. The Hall–Kier alpha value is -2.06. The molecule has 2 aliphatic heterocycles. The van der Waals surface area contributed by atoms with Gasteiger partial charge in [-0.25, -0.2) is 4.39 Å². The van der Waals surface area contributed by atoms with Crippen molar-refractivity contribution in [3.8, 4) is 5.75 Å². The Kier molecular flexibility index (Phi) is 5.76. The molecule has 1 saturated heterocycles. The van der Waals surface area contributed by atoms with Gasteiger partial charge < -0.3 is 14.6 Å². The van der Waals surface area contributed by atoms with Gasteiger partial charge in [-0.1, -0.05) is 30.3 Å². The molecule has 2 aromatic rings. The van der Waals surface area contributed by atoms with E-state index in [1.54, 1.807) is 12.1 Å². The number of hydrogen-bond donors (Lipinski definition) is 0. The normalized spacial score (nSPS) is 18.0. The first-order valence-corrected chi connectivity index (χ1v) is 8.74. The van der Waals surface area contributed by atoms with E-state index in [9.17, 15) is 14.3 Å². The summed E-state index contributed by atoms with van der Waals surface area (Å²) in [7, 11) is 0. The zero-order chi connectivity index (χ0) is 18.1. The van der Waals surface area contributed by atoms with Crippen molar-refractivity contribution in [2.24, 2.45) is 0 Å². The van der Waals surface area contributed by atoms with Crippen LogP contribution in [0.3, 0.4) is 0 Å². The van der Waals surface area contributed by atoms with Gasteiger partial charge in [-0.3, -0.25) is 4.90 Å². The van der Waals surface area contributed by atoms with Crippen LogP contribution in [0.1, 0.15) is 24.0 Å². The second-order valence-corrected chi connectivity index (χ2v) is 6.88. The van der Waals surface area contributed by atoms with E-state index in [0.29, 0.717) is 25.9 Å². The predicted molar refractivity (Wildman–Crippen MR) is 94.0 cm³/mol. The Balaban J connectivity index is 0.00000210. The average molecular weight is 359 g/mol. The first kappa shape index (κ1) is 19.7. The molecule has 0 atom stereocenters. The number of likely N-dealkylation sites (tertiary alicyclic amines) is 1. The van der Waals surface area contributed by atoms with Crippen LogP contribution in [0.2, 0.25) is 0 Å². The van der Waals surface area contributed by atoms with Crippen LogP contribution in [-0.4, -0.2) is 36.1 Å². The van der Waals surface area contributed by atoms with Crippen LogP contribution in [0.25, 0.3) is 5.57 Å².